The molecule has 0 unspecified atom stereocenters. The van der Waals surface area contributed by atoms with E-state index < -0.39 is 5.82 Å². The number of nitrogens with zero attached hydrogens (tertiary/aromatic N) is 2. The van der Waals surface area contributed by atoms with Crippen LogP contribution in [-0.4, -0.2) is 14.9 Å². The van der Waals surface area contributed by atoms with Crippen molar-refractivity contribution in [2.24, 2.45) is 7.05 Å². The predicted octanol–water partition coefficient (Wildman–Crippen LogP) is 2.91. The molecule has 0 bridgehead atoms. The molecule has 2 aromatic rings. The fourth-order valence-electron chi connectivity index (χ4n) is 1.65. The Hall–Kier alpha value is -1.40. The number of aliphatic hydroxyl groups is 1. The second-order valence-corrected chi connectivity index (χ2v) is 4.68. The van der Waals surface area contributed by atoms with Gasteiger partial charge in [0, 0.05) is 13.1 Å². The van der Waals surface area contributed by atoms with Gasteiger partial charge in [-0.1, -0.05) is 0 Å². The van der Waals surface area contributed by atoms with E-state index in [9.17, 15) is 9.50 Å². The molecule has 96 valence electrons. The van der Waals surface area contributed by atoms with E-state index in [1.807, 2.05) is 0 Å². The van der Waals surface area contributed by atoms with Crippen LogP contribution >= 0.6 is 15.9 Å². The average Bonchev–Trinajstić information content (AvgIpc) is 2.58. The van der Waals surface area contributed by atoms with Gasteiger partial charge >= 0.3 is 0 Å². The number of aliphatic hydroxyl groups excluding tert-OH is 1. The summed E-state index contributed by atoms with van der Waals surface area (Å²) in [5.74, 6) is 0.353. The summed E-state index contributed by atoms with van der Waals surface area (Å²) in [7, 11) is 1.70. The van der Waals surface area contributed by atoms with Crippen LogP contribution in [0.1, 0.15) is 11.3 Å². The van der Waals surface area contributed by atoms with Crippen molar-refractivity contribution < 1.29 is 14.2 Å². The first-order valence-corrected chi connectivity index (χ1v) is 6.08. The van der Waals surface area contributed by atoms with Crippen molar-refractivity contribution in [2.45, 2.75) is 13.5 Å². The first-order valence-electron chi connectivity index (χ1n) is 5.29. The Labute approximate surface area is 112 Å². The Bertz CT molecular complexity index is 584. The molecule has 18 heavy (non-hydrogen) atoms. The highest BCUT2D eigenvalue weighted by Gasteiger charge is 2.16. The van der Waals surface area contributed by atoms with Crippen LogP contribution in [-0.2, 0) is 13.7 Å². The molecule has 0 spiro atoms. The molecular formula is C12H12BrFN2O2. The second kappa shape index (κ2) is 5.07. The number of hydrogen-bond donors (Lipinski definition) is 1. The lowest BCUT2D eigenvalue weighted by Gasteiger charge is -2.09. The van der Waals surface area contributed by atoms with Crippen LogP contribution in [0.15, 0.2) is 22.7 Å². The third kappa shape index (κ3) is 2.39. The molecule has 1 heterocycles. The van der Waals surface area contributed by atoms with Gasteiger partial charge in [-0.2, -0.15) is 5.10 Å². The zero-order chi connectivity index (χ0) is 13.3. The van der Waals surface area contributed by atoms with Crippen LogP contribution in [0, 0.1) is 12.7 Å². The third-order valence-corrected chi connectivity index (χ3v) is 3.20. The standard InChI is InChI=1S/C12H12BrFN2O2/c1-7-9(6-17)12(16(2)15-7)18-11-5-8(14)3-4-10(11)13/h3-5,17H,6H2,1-2H3. The minimum Gasteiger partial charge on any atom is -0.438 e. The number of hydrogen-bond acceptors (Lipinski definition) is 3. The van der Waals surface area contributed by atoms with E-state index in [1.54, 1.807) is 20.0 Å². The lowest BCUT2D eigenvalue weighted by Crippen LogP contribution is -1.98. The van der Waals surface area contributed by atoms with Crippen LogP contribution in [0.3, 0.4) is 0 Å². The lowest BCUT2D eigenvalue weighted by molar-refractivity contribution is 0.274. The van der Waals surface area contributed by atoms with Crippen molar-refractivity contribution >= 4 is 15.9 Å². The first-order chi connectivity index (χ1) is 8.52. The van der Waals surface area contributed by atoms with Crippen LogP contribution < -0.4 is 4.74 Å². The van der Waals surface area contributed by atoms with Gasteiger partial charge in [-0.15, -0.1) is 0 Å². The van der Waals surface area contributed by atoms with E-state index in [4.69, 9.17) is 4.74 Å². The summed E-state index contributed by atoms with van der Waals surface area (Å²) in [5, 5.41) is 13.4. The summed E-state index contributed by atoms with van der Waals surface area (Å²) in [6.07, 6.45) is 0. The zero-order valence-corrected chi connectivity index (χ0v) is 11.5. The summed E-state index contributed by atoms with van der Waals surface area (Å²) in [6.45, 7) is 1.60. The molecule has 0 aliphatic rings. The van der Waals surface area contributed by atoms with Crippen LogP contribution in [0.2, 0.25) is 0 Å². The summed E-state index contributed by atoms with van der Waals surface area (Å²) in [6, 6.07) is 4.17. The van der Waals surface area contributed by atoms with Gasteiger partial charge in [-0.05, 0) is 35.0 Å². The lowest BCUT2D eigenvalue weighted by atomic mass is 10.2. The SMILES string of the molecule is Cc1nn(C)c(Oc2cc(F)ccc2Br)c1CO. The Morgan fingerprint density at radius 1 is 1.50 bits per heavy atom. The highest BCUT2D eigenvalue weighted by molar-refractivity contribution is 9.10. The van der Waals surface area contributed by atoms with E-state index in [1.165, 1.54) is 16.8 Å². The number of rotatable bonds is 3. The van der Waals surface area contributed by atoms with E-state index >= 15 is 0 Å². The largest absolute Gasteiger partial charge is 0.438 e. The van der Waals surface area contributed by atoms with E-state index in [2.05, 4.69) is 21.0 Å². The smallest absolute Gasteiger partial charge is 0.223 e. The summed E-state index contributed by atoms with van der Waals surface area (Å²) in [4.78, 5) is 0. The molecule has 0 fully saturated rings. The molecular weight excluding hydrogens is 303 g/mol. The normalized spacial score (nSPS) is 10.7. The van der Waals surface area contributed by atoms with E-state index in [0.717, 1.165) is 0 Å². The molecule has 1 aromatic carbocycles. The topological polar surface area (TPSA) is 47.3 Å². The summed E-state index contributed by atoms with van der Waals surface area (Å²) >= 11 is 3.28. The van der Waals surface area contributed by atoms with Crippen LogP contribution in [0.25, 0.3) is 0 Å². The number of aryl methyl sites for hydroxylation is 2. The monoisotopic (exact) mass is 314 g/mol. The number of aromatic nitrogens is 2. The molecule has 0 saturated carbocycles. The number of benzene rings is 1. The highest BCUT2D eigenvalue weighted by atomic mass is 79.9. The zero-order valence-electron chi connectivity index (χ0n) is 9.94. The van der Waals surface area contributed by atoms with Gasteiger partial charge in [0.1, 0.15) is 11.6 Å². The van der Waals surface area contributed by atoms with Gasteiger partial charge in [0.15, 0.2) is 0 Å². The van der Waals surface area contributed by atoms with Crippen LogP contribution in [0.5, 0.6) is 11.6 Å². The Balaban J connectivity index is 2.42. The summed E-state index contributed by atoms with van der Waals surface area (Å²) in [5.41, 5.74) is 1.27. The van der Waals surface area contributed by atoms with E-state index in [-0.39, 0.29) is 6.61 Å². The van der Waals surface area contributed by atoms with Crippen molar-refractivity contribution in [3.05, 3.63) is 39.7 Å². The molecule has 6 heteroatoms. The van der Waals surface area contributed by atoms with Crippen molar-refractivity contribution in [3.63, 3.8) is 0 Å². The molecule has 1 aromatic heterocycles. The van der Waals surface area contributed by atoms with Gasteiger partial charge in [0.25, 0.3) is 0 Å². The van der Waals surface area contributed by atoms with Gasteiger partial charge in [0.2, 0.25) is 5.88 Å². The minimum absolute atomic E-state index is 0.179. The predicted molar refractivity (Wildman–Crippen MR) is 68.0 cm³/mol. The Kier molecular flexibility index (Phi) is 3.68. The Morgan fingerprint density at radius 3 is 2.89 bits per heavy atom. The molecule has 1 N–H and O–H groups in total. The number of ether oxygens (including phenoxy) is 1. The molecule has 0 saturated heterocycles. The Morgan fingerprint density at radius 2 is 2.22 bits per heavy atom. The van der Waals surface area contributed by atoms with Gasteiger partial charge in [-0.3, -0.25) is 0 Å². The molecule has 0 aliphatic carbocycles. The van der Waals surface area contributed by atoms with Gasteiger partial charge < -0.3 is 9.84 Å². The van der Waals surface area contributed by atoms with Crippen molar-refractivity contribution in [3.8, 4) is 11.6 Å². The highest BCUT2D eigenvalue weighted by Crippen LogP contribution is 2.32. The van der Waals surface area contributed by atoms with Gasteiger partial charge in [0.05, 0.1) is 22.3 Å². The first kappa shape index (κ1) is 13.0. The fourth-order valence-corrected chi connectivity index (χ4v) is 1.98. The van der Waals surface area contributed by atoms with Crippen molar-refractivity contribution in [2.75, 3.05) is 0 Å². The molecule has 2 rings (SSSR count). The maximum atomic E-state index is 13.2. The maximum Gasteiger partial charge on any atom is 0.223 e. The fraction of sp³-hybridized carbons (Fsp3) is 0.250. The van der Waals surface area contributed by atoms with Gasteiger partial charge in [-0.25, -0.2) is 9.07 Å². The second-order valence-electron chi connectivity index (χ2n) is 3.83. The molecule has 0 aliphatic heterocycles. The van der Waals surface area contributed by atoms with Crippen molar-refractivity contribution in [1.29, 1.82) is 0 Å². The third-order valence-electron chi connectivity index (χ3n) is 2.55. The van der Waals surface area contributed by atoms with E-state index in [0.29, 0.717) is 27.4 Å². The minimum atomic E-state index is -0.391. The average molecular weight is 315 g/mol. The molecule has 0 radical (unpaired) electrons. The molecule has 0 amide bonds. The molecule has 0 atom stereocenters. The summed E-state index contributed by atoms with van der Waals surface area (Å²) < 4.78 is 20.9. The van der Waals surface area contributed by atoms with Crippen molar-refractivity contribution in [1.82, 2.24) is 9.78 Å². The quantitative estimate of drug-likeness (QED) is 0.947. The van der Waals surface area contributed by atoms with Crippen LogP contribution in [0.4, 0.5) is 4.39 Å². The molecule has 4 nitrogen and oxygen atoms in total. The maximum absolute atomic E-state index is 13.2. The number of halogens is 2.